The molecule has 2 aromatic rings. The fraction of sp³-hybridized carbons (Fsp3) is 0.235. The van der Waals surface area contributed by atoms with Gasteiger partial charge >= 0.3 is 5.97 Å². The number of esters is 1. The van der Waals surface area contributed by atoms with Gasteiger partial charge in [0.05, 0.1) is 32.0 Å². The Hall–Kier alpha value is -2.89. The van der Waals surface area contributed by atoms with Crippen LogP contribution in [0.4, 0.5) is 0 Å². The lowest BCUT2D eigenvalue weighted by atomic mass is 10.3. The maximum absolute atomic E-state index is 12.4. The Balaban J connectivity index is 2.05. The number of hydrogen-bond donors (Lipinski definition) is 0. The standard InChI is InChI=1S/C17H18N2O4/c1-22-17(21)9-11-19(13-14-5-2-3-10-18-14)16(20)8-7-15-6-4-12-23-15/h2-8,10,12H,9,11,13H2,1H3/b8-7+. The molecule has 0 aliphatic heterocycles. The molecule has 0 spiro atoms. The molecule has 23 heavy (non-hydrogen) atoms. The van der Waals surface area contributed by atoms with Crippen LogP contribution in [0.1, 0.15) is 17.9 Å². The third kappa shape index (κ3) is 5.43. The van der Waals surface area contributed by atoms with Crippen molar-refractivity contribution in [3.63, 3.8) is 0 Å². The minimum absolute atomic E-state index is 0.129. The molecule has 0 N–H and O–H groups in total. The van der Waals surface area contributed by atoms with Crippen molar-refractivity contribution in [3.05, 3.63) is 60.3 Å². The van der Waals surface area contributed by atoms with E-state index in [4.69, 9.17) is 4.42 Å². The van der Waals surface area contributed by atoms with Crippen LogP contribution in [0.5, 0.6) is 0 Å². The lowest BCUT2D eigenvalue weighted by Gasteiger charge is -2.20. The SMILES string of the molecule is COC(=O)CCN(Cc1ccccn1)C(=O)/C=C/c1ccco1. The summed E-state index contributed by atoms with van der Waals surface area (Å²) in [5.41, 5.74) is 0.747. The van der Waals surface area contributed by atoms with Crippen LogP contribution in [-0.4, -0.2) is 35.4 Å². The van der Waals surface area contributed by atoms with Gasteiger partial charge < -0.3 is 14.1 Å². The van der Waals surface area contributed by atoms with Gasteiger partial charge in [-0.15, -0.1) is 0 Å². The quantitative estimate of drug-likeness (QED) is 0.579. The second kappa shape index (κ2) is 8.53. The smallest absolute Gasteiger partial charge is 0.307 e. The number of pyridine rings is 1. The molecule has 0 radical (unpaired) electrons. The molecule has 0 aliphatic rings. The van der Waals surface area contributed by atoms with Crippen molar-refractivity contribution in [3.8, 4) is 0 Å². The fourth-order valence-corrected chi connectivity index (χ4v) is 1.93. The van der Waals surface area contributed by atoms with E-state index in [1.54, 1.807) is 35.4 Å². The van der Waals surface area contributed by atoms with Crippen molar-refractivity contribution in [1.82, 2.24) is 9.88 Å². The monoisotopic (exact) mass is 314 g/mol. The van der Waals surface area contributed by atoms with Crippen LogP contribution in [-0.2, 0) is 20.9 Å². The number of aromatic nitrogens is 1. The van der Waals surface area contributed by atoms with Crippen molar-refractivity contribution in [2.24, 2.45) is 0 Å². The number of rotatable bonds is 7. The van der Waals surface area contributed by atoms with Gasteiger partial charge in [0, 0.05) is 18.8 Å². The fourth-order valence-electron chi connectivity index (χ4n) is 1.93. The summed E-state index contributed by atoms with van der Waals surface area (Å²) in [5.74, 6) is -0.00102. The zero-order valence-electron chi connectivity index (χ0n) is 12.8. The summed E-state index contributed by atoms with van der Waals surface area (Å²) in [4.78, 5) is 29.4. The van der Waals surface area contributed by atoms with Crippen LogP contribution < -0.4 is 0 Å². The van der Waals surface area contributed by atoms with Crippen LogP contribution >= 0.6 is 0 Å². The molecule has 1 amide bonds. The molecule has 0 atom stereocenters. The van der Waals surface area contributed by atoms with E-state index >= 15 is 0 Å². The zero-order chi connectivity index (χ0) is 16.5. The van der Waals surface area contributed by atoms with Crippen LogP contribution in [0, 0.1) is 0 Å². The Bertz CT molecular complexity index is 650. The lowest BCUT2D eigenvalue weighted by Crippen LogP contribution is -2.31. The Morgan fingerprint density at radius 3 is 2.83 bits per heavy atom. The predicted molar refractivity (Wildman–Crippen MR) is 84.0 cm³/mol. The van der Waals surface area contributed by atoms with Crippen molar-refractivity contribution in [2.45, 2.75) is 13.0 Å². The molecule has 0 aliphatic carbocycles. The van der Waals surface area contributed by atoms with Crippen LogP contribution in [0.2, 0.25) is 0 Å². The highest BCUT2D eigenvalue weighted by Gasteiger charge is 2.14. The molecule has 6 nitrogen and oxygen atoms in total. The largest absolute Gasteiger partial charge is 0.469 e. The van der Waals surface area contributed by atoms with Crippen LogP contribution in [0.25, 0.3) is 6.08 Å². The number of furan rings is 1. The topological polar surface area (TPSA) is 72.6 Å². The average molecular weight is 314 g/mol. The first-order chi connectivity index (χ1) is 11.2. The molecule has 0 saturated heterocycles. The molecule has 6 heteroatoms. The van der Waals surface area contributed by atoms with Crippen LogP contribution in [0.3, 0.4) is 0 Å². The summed E-state index contributed by atoms with van der Waals surface area (Å²) in [5, 5.41) is 0. The van der Waals surface area contributed by atoms with Crippen molar-refractivity contribution in [1.29, 1.82) is 0 Å². The van der Waals surface area contributed by atoms with E-state index < -0.39 is 0 Å². The first-order valence-electron chi connectivity index (χ1n) is 7.16. The highest BCUT2D eigenvalue weighted by atomic mass is 16.5. The van der Waals surface area contributed by atoms with Gasteiger partial charge in [-0.3, -0.25) is 14.6 Å². The minimum Gasteiger partial charge on any atom is -0.469 e. The van der Waals surface area contributed by atoms with Gasteiger partial charge in [0.15, 0.2) is 0 Å². The van der Waals surface area contributed by atoms with Crippen molar-refractivity contribution < 1.29 is 18.7 Å². The Labute approximate surface area is 134 Å². The molecule has 2 heterocycles. The summed E-state index contributed by atoms with van der Waals surface area (Å²) in [6, 6.07) is 8.98. The number of amides is 1. The minimum atomic E-state index is -0.362. The first kappa shape index (κ1) is 16.5. The number of ether oxygens (including phenoxy) is 1. The number of nitrogens with zero attached hydrogens (tertiary/aromatic N) is 2. The molecule has 0 bridgehead atoms. The first-order valence-corrected chi connectivity index (χ1v) is 7.16. The van der Waals surface area contributed by atoms with Gasteiger partial charge in [0.25, 0.3) is 0 Å². The van der Waals surface area contributed by atoms with Gasteiger partial charge in [-0.1, -0.05) is 6.07 Å². The van der Waals surface area contributed by atoms with Gasteiger partial charge in [-0.05, 0) is 30.3 Å². The second-order valence-corrected chi connectivity index (χ2v) is 4.76. The van der Waals surface area contributed by atoms with E-state index in [1.807, 2.05) is 12.1 Å². The molecule has 0 saturated carbocycles. The predicted octanol–water partition coefficient (Wildman–Crippen LogP) is 2.28. The van der Waals surface area contributed by atoms with Gasteiger partial charge in [-0.2, -0.15) is 0 Å². The van der Waals surface area contributed by atoms with Crippen molar-refractivity contribution >= 4 is 18.0 Å². The normalized spacial score (nSPS) is 10.7. The molecule has 0 aromatic carbocycles. The summed E-state index contributed by atoms with van der Waals surface area (Å²) < 4.78 is 9.78. The number of hydrogen-bond acceptors (Lipinski definition) is 5. The third-order valence-corrected chi connectivity index (χ3v) is 3.14. The van der Waals surface area contributed by atoms with Crippen LogP contribution in [0.15, 0.2) is 53.3 Å². The van der Waals surface area contributed by atoms with Crippen molar-refractivity contribution in [2.75, 3.05) is 13.7 Å². The highest BCUT2D eigenvalue weighted by Crippen LogP contribution is 2.07. The van der Waals surface area contributed by atoms with E-state index in [9.17, 15) is 9.59 Å². The van der Waals surface area contributed by atoms with Gasteiger partial charge in [0.2, 0.25) is 5.91 Å². The maximum atomic E-state index is 12.4. The summed E-state index contributed by atoms with van der Waals surface area (Å²) in [7, 11) is 1.32. The molecular weight excluding hydrogens is 296 g/mol. The summed E-state index contributed by atoms with van der Waals surface area (Å²) >= 11 is 0. The summed E-state index contributed by atoms with van der Waals surface area (Å²) in [6.07, 6.45) is 6.33. The van der Waals surface area contributed by atoms with E-state index in [2.05, 4.69) is 9.72 Å². The Kier molecular flexibility index (Phi) is 6.11. The van der Waals surface area contributed by atoms with E-state index in [-0.39, 0.29) is 24.8 Å². The molecular formula is C17H18N2O4. The van der Waals surface area contributed by atoms with E-state index in [0.717, 1.165) is 5.69 Å². The maximum Gasteiger partial charge on any atom is 0.307 e. The average Bonchev–Trinajstić information content (AvgIpc) is 3.10. The Morgan fingerprint density at radius 1 is 1.30 bits per heavy atom. The Morgan fingerprint density at radius 2 is 2.17 bits per heavy atom. The second-order valence-electron chi connectivity index (χ2n) is 4.76. The molecule has 0 unspecified atom stereocenters. The van der Waals surface area contributed by atoms with Gasteiger partial charge in [-0.25, -0.2) is 0 Å². The van der Waals surface area contributed by atoms with Gasteiger partial charge in [0.1, 0.15) is 5.76 Å². The van der Waals surface area contributed by atoms with E-state index in [1.165, 1.54) is 19.4 Å². The molecule has 2 rings (SSSR count). The third-order valence-electron chi connectivity index (χ3n) is 3.14. The lowest BCUT2D eigenvalue weighted by molar-refractivity contribution is -0.141. The highest BCUT2D eigenvalue weighted by molar-refractivity contribution is 5.91. The number of carbonyl (C=O) groups excluding carboxylic acids is 2. The molecule has 2 aromatic heterocycles. The molecule has 0 fully saturated rings. The zero-order valence-corrected chi connectivity index (χ0v) is 12.8. The number of carbonyl (C=O) groups is 2. The number of methoxy groups -OCH3 is 1. The molecule has 120 valence electrons. The van der Waals surface area contributed by atoms with E-state index in [0.29, 0.717) is 12.3 Å². The summed E-state index contributed by atoms with van der Waals surface area (Å²) in [6.45, 7) is 0.573.